The van der Waals surface area contributed by atoms with Crippen LogP contribution in [0.3, 0.4) is 0 Å². The van der Waals surface area contributed by atoms with Gasteiger partial charge in [-0.2, -0.15) is 11.8 Å². The molecule has 13 nitrogen and oxygen atoms in total. The molecule has 0 saturated carbocycles. The molecule has 0 aliphatic rings. The summed E-state index contributed by atoms with van der Waals surface area (Å²) in [5.41, 5.74) is 10.7. The highest BCUT2D eigenvalue weighted by Crippen LogP contribution is 2.10. The van der Waals surface area contributed by atoms with E-state index in [1.807, 2.05) is 0 Å². The number of amides is 4. The summed E-state index contributed by atoms with van der Waals surface area (Å²) in [5, 5.41) is 25.6. The van der Waals surface area contributed by atoms with Gasteiger partial charge in [0.2, 0.25) is 23.6 Å². The van der Waals surface area contributed by atoms with Gasteiger partial charge in [0, 0.05) is 6.42 Å². The third-order valence-electron chi connectivity index (χ3n) is 5.07. The van der Waals surface area contributed by atoms with Gasteiger partial charge in [-0.1, -0.05) is 20.3 Å². The molecule has 0 aromatic carbocycles. The first-order chi connectivity index (χ1) is 15.8. The maximum atomic E-state index is 12.8. The van der Waals surface area contributed by atoms with Gasteiger partial charge in [0.1, 0.15) is 18.1 Å². The van der Waals surface area contributed by atoms with Crippen molar-refractivity contribution < 1.29 is 39.0 Å². The van der Waals surface area contributed by atoms with E-state index < -0.39 is 66.2 Å². The molecule has 5 unspecified atom stereocenters. The molecule has 0 bridgehead atoms. The Morgan fingerprint density at radius 3 is 1.94 bits per heavy atom. The van der Waals surface area contributed by atoms with Crippen molar-refractivity contribution in [2.45, 2.75) is 70.1 Å². The van der Waals surface area contributed by atoms with Gasteiger partial charge >= 0.3 is 11.9 Å². The van der Waals surface area contributed by atoms with Crippen molar-refractivity contribution in [2.75, 3.05) is 12.0 Å². The Kier molecular flexibility index (Phi) is 14.5. The number of carbonyl (C=O) groups is 6. The summed E-state index contributed by atoms with van der Waals surface area (Å²) in [6.45, 7) is 3.43. The third kappa shape index (κ3) is 11.8. The molecule has 0 saturated heterocycles. The zero-order valence-electron chi connectivity index (χ0n) is 19.5. The fraction of sp³-hybridized carbons (Fsp3) is 0.700. The van der Waals surface area contributed by atoms with Crippen LogP contribution in [0.1, 0.15) is 46.0 Å². The Hall–Kier alpha value is -2.87. The molecule has 0 radical (unpaired) electrons. The van der Waals surface area contributed by atoms with Crippen molar-refractivity contribution in [3.8, 4) is 0 Å². The molecule has 14 heteroatoms. The predicted octanol–water partition coefficient (Wildman–Crippen LogP) is -1.61. The van der Waals surface area contributed by atoms with Crippen molar-refractivity contribution in [2.24, 2.45) is 17.4 Å². The fourth-order valence-electron chi connectivity index (χ4n) is 2.81. The molecule has 0 aromatic rings. The molecular formula is C20H35N5O8S. The van der Waals surface area contributed by atoms with E-state index in [0.717, 1.165) is 0 Å². The van der Waals surface area contributed by atoms with Crippen LogP contribution in [0, 0.1) is 5.92 Å². The smallest absolute Gasteiger partial charge is 0.326 e. The van der Waals surface area contributed by atoms with E-state index in [9.17, 15) is 33.9 Å². The lowest BCUT2D eigenvalue weighted by molar-refractivity contribution is -0.144. The number of carboxylic acid groups (broad SMARTS) is 2. The van der Waals surface area contributed by atoms with Crippen LogP contribution < -0.4 is 27.4 Å². The minimum Gasteiger partial charge on any atom is -0.481 e. The molecule has 0 fully saturated rings. The van der Waals surface area contributed by atoms with Gasteiger partial charge < -0.3 is 37.6 Å². The maximum Gasteiger partial charge on any atom is 0.326 e. The summed E-state index contributed by atoms with van der Waals surface area (Å²) in [5.74, 6) is -5.79. The molecular weight excluding hydrogens is 470 g/mol. The first kappa shape index (κ1) is 31.1. The number of nitrogens with two attached hydrogens (primary N) is 2. The molecule has 0 aliphatic heterocycles. The van der Waals surface area contributed by atoms with Crippen molar-refractivity contribution in [1.82, 2.24) is 16.0 Å². The lowest BCUT2D eigenvalue weighted by atomic mass is 9.98. The Morgan fingerprint density at radius 2 is 1.47 bits per heavy atom. The second-order valence-electron chi connectivity index (χ2n) is 7.82. The summed E-state index contributed by atoms with van der Waals surface area (Å²) >= 11 is 1.39. The van der Waals surface area contributed by atoms with Crippen LogP contribution in [0.2, 0.25) is 0 Å². The van der Waals surface area contributed by atoms with E-state index in [0.29, 0.717) is 12.2 Å². The number of carbonyl (C=O) groups excluding carboxylic acids is 4. The van der Waals surface area contributed by atoms with Gasteiger partial charge in [0.25, 0.3) is 0 Å². The average Bonchev–Trinajstić information content (AvgIpc) is 2.76. The topological polar surface area (TPSA) is 231 Å². The van der Waals surface area contributed by atoms with Crippen molar-refractivity contribution in [1.29, 1.82) is 0 Å². The number of thioether (sulfide) groups is 1. The molecule has 34 heavy (non-hydrogen) atoms. The van der Waals surface area contributed by atoms with E-state index in [-0.39, 0.29) is 25.2 Å². The first-order valence-electron chi connectivity index (χ1n) is 10.7. The monoisotopic (exact) mass is 505 g/mol. The van der Waals surface area contributed by atoms with Crippen LogP contribution in [0.4, 0.5) is 0 Å². The first-order valence-corrected chi connectivity index (χ1v) is 12.1. The SMILES string of the molecule is CCC(C)C(NC(=O)C(CCSC)NC(=O)C(CC(=O)O)NC(=O)C(N)CCC(N)=O)C(=O)O. The van der Waals surface area contributed by atoms with Crippen LogP contribution in [0.25, 0.3) is 0 Å². The molecule has 4 amide bonds. The van der Waals surface area contributed by atoms with Crippen LogP contribution >= 0.6 is 11.8 Å². The Balaban J connectivity index is 5.50. The fourth-order valence-corrected chi connectivity index (χ4v) is 3.28. The Bertz CT molecular complexity index is 750. The van der Waals surface area contributed by atoms with E-state index >= 15 is 0 Å². The van der Waals surface area contributed by atoms with Crippen LogP contribution in [0.5, 0.6) is 0 Å². The zero-order chi connectivity index (χ0) is 26.4. The Morgan fingerprint density at radius 1 is 0.912 bits per heavy atom. The number of carboxylic acids is 2. The van der Waals surface area contributed by atoms with E-state index in [2.05, 4.69) is 16.0 Å². The van der Waals surface area contributed by atoms with E-state index in [1.165, 1.54) is 11.8 Å². The third-order valence-corrected chi connectivity index (χ3v) is 5.71. The number of hydrogen-bond acceptors (Lipinski definition) is 8. The molecule has 5 atom stereocenters. The highest BCUT2D eigenvalue weighted by Gasteiger charge is 2.32. The Labute approximate surface area is 202 Å². The molecule has 0 spiro atoms. The largest absolute Gasteiger partial charge is 0.481 e. The van der Waals surface area contributed by atoms with Gasteiger partial charge in [-0.15, -0.1) is 0 Å². The normalized spacial score (nSPS) is 15.2. The number of primary amides is 1. The highest BCUT2D eigenvalue weighted by molar-refractivity contribution is 7.98. The molecule has 0 rings (SSSR count). The summed E-state index contributed by atoms with van der Waals surface area (Å²) in [7, 11) is 0. The molecule has 0 aromatic heterocycles. The molecule has 0 aliphatic carbocycles. The number of aliphatic carboxylic acids is 2. The van der Waals surface area contributed by atoms with Crippen molar-refractivity contribution in [3.05, 3.63) is 0 Å². The summed E-state index contributed by atoms with van der Waals surface area (Å²) in [6.07, 6.45) is 1.33. The van der Waals surface area contributed by atoms with Crippen LogP contribution in [-0.2, 0) is 28.8 Å². The van der Waals surface area contributed by atoms with Crippen LogP contribution in [0.15, 0.2) is 0 Å². The number of hydrogen-bond donors (Lipinski definition) is 7. The lowest BCUT2D eigenvalue weighted by Crippen LogP contribution is -2.58. The second-order valence-corrected chi connectivity index (χ2v) is 8.81. The van der Waals surface area contributed by atoms with Gasteiger partial charge in [-0.05, 0) is 30.8 Å². The lowest BCUT2D eigenvalue weighted by Gasteiger charge is -2.26. The molecule has 194 valence electrons. The molecule has 9 N–H and O–H groups in total. The molecule has 0 heterocycles. The zero-order valence-corrected chi connectivity index (χ0v) is 20.4. The van der Waals surface area contributed by atoms with Gasteiger partial charge in [0.05, 0.1) is 12.5 Å². The van der Waals surface area contributed by atoms with Gasteiger partial charge in [-0.3, -0.25) is 24.0 Å². The number of nitrogens with one attached hydrogen (secondary N) is 3. The summed E-state index contributed by atoms with van der Waals surface area (Å²) in [4.78, 5) is 71.5. The summed E-state index contributed by atoms with van der Waals surface area (Å²) < 4.78 is 0. The average molecular weight is 506 g/mol. The standard InChI is InChI=1S/C20H35N5O8S/c1-4-10(2)16(20(32)33)25-18(30)12(7-8-34-3)23-19(31)13(9-15(27)28)24-17(29)11(21)5-6-14(22)26/h10-13,16H,4-9,21H2,1-3H3,(H2,22,26)(H,23,31)(H,24,29)(H,25,30)(H,27,28)(H,32,33). The summed E-state index contributed by atoms with van der Waals surface area (Å²) in [6, 6.07) is -5.11. The highest BCUT2D eigenvalue weighted by atomic mass is 32.2. The minimum absolute atomic E-state index is 0.104. The van der Waals surface area contributed by atoms with Gasteiger partial charge in [0.15, 0.2) is 0 Å². The van der Waals surface area contributed by atoms with Crippen molar-refractivity contribution >= 4 is 47.3 Å². The number of rotatable bonds is 17. The van der Waals surface area contributed by atoms with Crippen LogP contribution in [-0.4, -0.2) is 82.0 Å². The minimum atomic E-state index is -1.56. The second kappa shape index (κ2) is 15.9. The predicted molar refractivity (Wildman–Crippen MR) is 125 cm³/mol. The van der Waals surface area contributed by atoms with Gasteiger partial charge in [-0.25, -0.2) is 4.79 Å². The quantitative estimate of drug-likeness (QED) is 0.119. The van der Waals surface area contributed by atoms with E-state index in [4.69, 9.17) is 16.6 Å². The van der Waals surface area contributed by atoms with E-state index in [1.54, 1.807) is 20.1 Å². The van der Waals surface area contributed by atoms with Crippen molar-refractivity contribution in [3.63, 3.8) is 0 Å². The maximum absolute atomic E-state index is 12.8.